The Balaban J connectivity index is 2.00. The number of rotatable bonds is 5. The molecule has 1 aromatic heterocycles. The first-order chi connectivity index (χ1) is 14.4. The Kier molecular flexibility index (Phi) is 5.81. The molecule has 0 aliphatic rings. The first kappa shape index (κ1) is 22.3. The molecule has 0 bridgehead atoms. The third-order valence-corrected chi connectivity index (χ3v) is 4.73. The summed E-state index contributed by atoms with van der Waals surface area (Å²) in [6.07, 6.45) is -5.70. The van der Waals surface area contributed by atoms with Crippen molar-refractivity contribution in [1.82, 2.24) is 19.8 Å². The van der Waals surface area contributed by atoms with Crippen LogP contribution in [0.5, 0.6) is 5.75 Å². The van der Waals surface area contributed by atoms with Crippen LogP contribution in [0.2, 0.25) is 5.02 Å². The molecule has 0 saturated carbocycles. The highest BCUT2D eigenvalue weighted by Gasteiger charge is 2.33. The molecular weight excluding hydrogens is 441 g/mol. The van der Waals surface area contributed by atoms with Crippen molar-refractivity contribution in [3.8, 4) is 17.1 Å². The number of aryl methyl sites for hydroxylation is 2. The average Bonchev–Trinajstić information content (AvgIpc) is 3.04. The lowest BCUT2D eigenvalue weighted by atomic mass is 10.1. The summed E-state index contributed by atoms with van der Waals surface area (Å²) in [6, 6.07) is 5.91. The average molecular weight is 457 g/mol. The largest absolute Gasteiger partial charge is 0.479 e. The van der Waals surface area contributed by atoms with Gasteiger partial charge >= 0.3 is 17.8 Å². The molecule has 2 aromatic carbocycles. The van der Waals surface area contributed by atoms with Crippen molar-refractivity contribution in [1.29, 1.82) is 0 Å². The predicted molar refractivity (Wildman–Crippen MR) is 104 cm³/mol. The van der Waals surface area contributed by atoms with Crippen molar-refractivity contribution in [2.45, 2.75) is 33.1 Å². The van der Waals surface area contributed by atoms with Crippen LogP contribution in [0, 0.1) is 13.8 Å². The van der Waals surface area contributed by atoms with Gasteiger partial charge in [-0.05, 0) is 72.7 Å². The van der Waals surface area contributed by atoms with Gasteiger partial charge in [-0.1, -0.05) is 11.6 Å². The van der Waals surface area contributed by atoms with E-state index in [1.807, 2.05) is 0 Å². The molecule has 3 rings (SSSR count). The number of nitrogens with zero attached hydrogens (tertiary/aromatic N) is 4. The maximum Gasteiger partial charge on any atom is 0.417 e. The summed E-state index contributed by atoms with van der Waals surface area (Å²) in [5.74, 6) is -0.772. The highest BCUT2D eigenvalue weighted by molar-refractivity contribution is 6.31. The quantitative estimate of drug-likeness (QED) is 0.630. The van der Waals surface area contributed by atoms with Gasteiger partial charge in [0.15, 0.2) is 6.10 Å². The smallest absolute Gasteiger partial charge is 0.417 e. The summed E-state index contributed by atoms with van der Waals surface area (Å²) in [7, 11) is 0. The van der Waals surface area contributed by atoms with Gasteiger partial charge in [0.25, 0.3) is 0 Å². The van der Waals surface area contributed by atoms with Crippen molar-refractivity contribution in [3.05, 3.63) is 62.5 Å². The van der Waals surface area contributed by atoms with Crippen molar-refractivity contribution < 1.29 is 27.8 Å². The Hall–Kier alpha value is -3.34. The molecular formula is C19H16ClF3N4O4. The molecule has 3 aromatic rings. The van der Waals surface area contributed by atoms with Crippen LogP contribution < -0.4 is 10.4 Å². The second-order valence-corrected chi connectivity index (χ2v) is 7.16. The van der Waals surface area contributed by atoms with Gasteiger partial charge in [0.2, 0.25) is 0 Å². The third kappa shape index (κ3) is 4.41. The number of alkyl halides is 3. The molecule has 0 radical (unpaired) electrons. The van der Waals surface area contributed by atoms with E-state index in [1.54, 1.807) is 26.0 Å². The van der Waals surface area contributed by atoms with E-state index in [9.17, 15) is 22.8 Å². The van der Waals surface area contributed by atoms with Gasteiger partial charge in [-0.25, -0.2) is 9.59 Å². The molecule has 0 spiro atoms. The van der Waals surface area contributed by atoms with Crippen LogP contribution in [0.1, 0.15) is 23.6 Å². The Morgan fingerprint density at radius 2 is 1.65 bits per heavy atom. The molecule has 0 aliphatic carbocycles. The van der Waals surface area contributed by atoms with Crippen LogP contribution in [0.4, 0.5) is 13.2 Å². The van der Waals surface area contributed by atoms with Crippen LogP contribution in [-0.2, 0) is 11.0 Å². The van der Waals surface area contributed by atoms with Crippen LogP contribution in [0.25, 0.3) is 11.4 Å². The second kappa shape index (κ2) is 8.06. The molecule has 0 amide bonds. The van der Waals surface area contributed by atoms with Crippen LogP contribution in [-0.4, -0.2) is 37.0 Å². The molecule has 1 unspecified atom stereocenters. The molecule has 1 atom stereocenters. The van der Waals surface area contributed by atoms with Crippen LogP contribution in [0.3, 0.4) is 0 Å². The SMILES string of the molecule is Cc1cc(-n2nnn(-c3ccc(C(F)(F)F)c(Cl)c3)c2=O)cc(C)c1OC(C)C(=O)O. The molecule has 1 heterocycles. The normalized spacial score (nSPS) is 12.6. The molecule has 1 N–H and O–H groups in total. The molecule has 8 nitrogen and oxygen atoms in total. The monoisotopic (exact) mass is 456 g/mol. The predicted octanol–water partition coefficient (Wildman–Crippen LogP) is 3.56. The Bertz CT molecular complexity index is 1200. The van der Waals surface area contributed by atoms with Crippen molar-refractivity contribution in [2.75, 3.05) is 0 Å². The highest BCUT2D eigenvalue weighted by Crippen LogP contribution is 2.35. The highest BCUT2D eigenvalue weighted by atomic mass is 35.5. The Labute approximate surface area is 178 Å². The summed E-state index contributed by atoms with van der Waals surface area (Å²) >= 11 is 5.72. The summed E-state index contributed by atoms with van der Waals surface area (Å²) in [5.41, 5.74) is -0.320. The van der Waals surface area contributed by atoms with Gasteiger partial charge in [0, 0.05) is 0 Å². The number of hydrogen-bond acceptors (Lipinski definition) is 5. The van der Waals surface area contributed by atoms with E-state index < -0.39 is 34.5 Å². The Morgan fingerprint density at radius 1 is 1.10 bits per heavy atom. The van der Waals surface area contributed by atoms with E-state index in [1.165, 1.54) is 6.92 Å². The van der Waals surface area contributed by atoms with Gasteiger partial charge < -0.3 is 9.84 Å². The van der Waals surface area contributed by atoms with E-state index in [-0.39, 0.29) is 5.69 Å². The zero-order valence-electron chi connectivity index (χ0n) is 16.4. The second-order valence-electron chi connectivity index (χ2n) is 6.75. The fraction of sp³-hybridized carbons (Fsp3) is 0.263. The molecule has 0 saturated heterocycles. The number of tetrazole rings is 1. The minimum Gasteiger partial charge on any atom is -0.479 e. The van der Waals surface area contributed by atoms with Crippen LogP contribution >= 0.6 is 11.6 Å². The number of carboxylic acids is 1. The molecule has 0 fully saturated rings. The zero-order chi connectivity index (χ0) is 23.1. The van der Waals surface area contributed by atoms with E-state index in [2.05, 4.69) is 10.4 Å². The summed E-state index contributed by atoms with van der Waals surface area (Å²) in [6.45, 7) is 4.73. The number of hydrogen-bond donors (Lipinski definition) is 1. The van der Waals surface area contributed by atoms with Gasteiger partial charge in [-0.15, -0.1) is 0 Å². The fourth-order valence-corrected chi connectivity index (χ4v) is 3.18. The Morgan fingerprint density at radius 3 is 2.13 bits per heavy atom. The number of carbonyl (C=O) groups is 1. The van der Waals surface area contributed by atoms with E-state index in [0.29, 0.717) is 22.6 Å². The van der Waals surface area contributed by atoms with Crippen molar-refractivity contribution in [2.24, 2.45) is 0 Å². The fourth-order valence-electron chi connectivity index (χ4n) is 2.90. The van der Waals surface area contributed by atoms with Crippen LogP contribution in [0.15, 0.2) is 35.1 Å². The standard InChI is InChI=1S/C19H16ClF3N4O4/c1-9-6-13(7-10(2)16(9)31-11(3)17(28)29)27-18(30)26(24-25-27)12-4-5-14(15(20)8-12)19(21,22)23/h4-8,11H,1-3H3,(H,28,29). The molecule has 31 heavy (non-hydrogen) atoms. The maximum absolute atomic E-state index is 12.9. The molecule has 0 aliphatic heterocycles. The van der Waals surface area contributed by atoms with E-state index >= 15 is 0 Å². The van der Waals surface area contributed by atoms with Crippen molar-refractivity contribution in [3.63, 3.8) is 0 Å². The lowest BCUT2D eigenvalue weighted by molar-refractivity contribution is -0.144. The van der Waals surface area contributed by atoms with Gasteiger partial charge in [-0.3, -0.25) is 0 Å². The zero-order valence-corrected chi connectivity index (χ0v) is 17.2. The summed E-state index contributed by atoms with van der Waals surface area (Å²) in [4.78, 5) is 23.8. The minimum absolute atomic E-state index is 0.0120. The number of halogens is 4. The first-order valence-electron chi connectivity index (χ1n) is 8.83. The topological polar surface area (TPSA) is 99.2 Å². The third-order valence-electron chi connectivity index (χ3n) is 4.42. The number of aromatic nitrogens is 4. The number of aliphatic carboxylic acids is 1. The number of carboxylic acid groups (broad SMARTS) is 1. The molecule has 164 valence electrons. The van der Waals surface area contributed by atoms with Gasteiger partial charge in [-0.2, -0.15) is 22.5 Å². The summed E-state index contributed by atoms with van der Waals surface area (Å²) in [5, 5.41) is 15.9. The van der Waals surface area contributed by atoms with Crippen molar-refractivity contribution >= 4 is 17.6 Å². The van der Waals surface area contributed by atoms with E-state index in [4.69, 9.17) is 21.4 Å². The summed E-state index contributed by atoms with van der Waals surface area (Å²) < 4.78 is 45.9. The maximum atomic E-state index is 12.9. The number of ether oxygens (including phenoxy) is 1. The lowest BCUT2D eigenvalue weighted by Crippen LogP contribution is -2.25. The molecule has 12 heteroatoms. The first-order valence-corrected chi connectivity index (χ1v) is 9.21. The minimum atomic E-state index is -4.63. The number of benzene rings is 2. The van der Waals surface area contributed by atoms with E-state index in [0.717, 1.165) is 27.6 Å². The lowest BCUT2D eigenvalue weighted by Gasteiger charge is -2.16. The van der Waals surface area contributed by atoms with Gasteiger partial charge in [0.05, 0.1) is 22.0 Å². The van der Waals surface area contributed by atoms with Gasteiger partial charge in [0.1, 0.15) is 5.75 Å².